The van der Waals surface area contributed by atoms with Crippen molar-refractivity contribution < 1.29 is 13.2 Å². The van der Waals surface area contributed by atoms with Gasteiger partial charge in [-0.1, -0.05) is 6.07 Å². The molecule has 2 rings (SSSR count). The predicted octanol–water partition coefficient (Wildman–Crippen LogP) is 0.594. The number of hydrogen-bond donors (Lipinski definition) is 3. The zero-order valence-electron chi connectivity index (χ0n) is 12.0. The fourth-order valence-electron chi connectivity index (χ4n) is 1.81. The summed E-state index contributed by atoms with van der Waals surface area (Å²) in [6, 6.07) is 6.10. The van der Waals surface area contributed by atoms with Crippen LogP contribution in [0.25, 0.3) is 0 Å². The molecule has 1 amide bonds. The monoisotopic (exact) mass is 311 g/mol. The summed E-state index contributed by atoms with van der Waals surface area (Å²) in [5.74, 6) is -0.292. The van der Waals surface area contributed by atoms with E-state index in [4.69, 9.17) is 5.73 Å². The molecule has 1 aliphatic rings. The molecule has 1 fully saturated rings. The minimum absolute atomic E-state index is 0.0137. The molecule has 0 saturated heterocycles. The van der Waals surface area contributed by atoms with Crippen LogP contribution in [0.5, 0.6) is 0 Å². The number of rotatable bonds is 7. The number of nitrogens with one attached hydrogen (secondary N) is 2. The lowest BCUT2D eigenvalue weighted by Gasteiger charge is -2.09. The van der Waals surface area contributed by atoms with E-state index in [9.17, 15) is 13.2 Å². The maximum Gasteiger partial charge on any atom is 0.251 e. The maximum absolute atomic E-state index is 12.1. The van der Waals surface area contributed by atoms with Gasteiger partial charge in [0.05, 0.1) is 4.90 Å². The van der Waals surface area contributed by atoms with E-state index < -0.39 is 10.0 Å². The number of hydrogen-bond acceptors (Lipinski definition) is 4. The van der Waals surface area contributed by atoms with E-state index in [1.165, 1.54) is 12.1 Å². The molecule has 4 N–H and O–H groups in total. The molecule has 0 heterocycles. The second kappa shape index (κ2) is 6.55. The van der Waals surface area contributed by atoms with E-state index in [1.807, 2.05) is 6.92 Å². The minimum Gasteiger partial charge on any atom is -0.352 e. The highest BCUT2D eigenvalue weighted by Crippen LogP contribution is 2.22. The van der Waals surface area contributed by atoms with Crippen molar-refractivity contribution >= 4 is 15.9 Å². The summed E-state index contributed by atoms with van der Waals surface area (Å²) in [4.78, 5) is 12.1. The van der Waals surface area contributed by atoms with Crippen molar-refractivity contribution in [1.82, 2.24) is 10.0 Å². The van der Waals surface area contributed by atoms with Crippen LogP contribution >= 0.6 is 0 Å². The lowest BCUT2D eigenvalue weighted by molar-refractivity contribution is 0.0952. The summed E-state index contributed by atoms with van der Waals surface area (Å²) in [6.07, 6.45) is 2.42. The number of benzene rings is 1. The summed E-state index contributed by atoms with van der Waals surface area (Å²) in [6.45, 7) is 2.33. The van der Waals surface area contributed by atoms with E-state index in [1.54, 1.807) is 12.1 Å². The molecular formula is C14H21N3O3S. The van der Waals surface area contributed by atoms with Crippen LogP contribution in [0.3, 0.4) is 0 Å². The first-order valence-electron chi connectivity index (χ1n) is 7.04. The Morgan fingerprint density at radius 1 is 1.43 bits per heavy atom. The maximum atomic E-state index is 12.1. The van der Waals surface area contributed by atoms with E-state index in [0.717, 1.165) is 12.8 Å². The lowest BCUT2D eigenvalue weighted by Crippen LogP contribution is -2.29. The molecule has 0 aliphatic heterocycles. The van der Waals surface area contributed by atoms with Gasteiger partial charge in [0.25, 0.3) is 5.91 Å². The van der Waals surface area contributed by atoms with Gasteiger partial charge in [-0.05, 0) is 44.4 Å². The average molecular weight is 311 g/mol. The Bertz CT molecular complexity index is 610. The number of sulfonamides is 1. The number of nitrogens with two attached hydrogens (primary N) is 1. The van der Waals surface area contributed by atoms with E-state index in [-0.39, 0.29) is 22.9 Å². The Hall–Kier alpha value is -1.44. The molecule has 0 aromatic heterocycles. The minimum atomic E-state index is -3.54. The standard InChI is InChI=1S/C14H21N3O3S/c1-10(15)7-8-16-14(18)11-3-2-4-13(9-11)21(19,20)17-12-5-6-12/h2-4,9-10,12,17H,5-8,15H2,1H3,(H,16,18). The fourth-order valence-corrected chi connectivity index (χ4v) is 3.16. The fraction of sp³-hybridized carbons (Fsp3) is 0.500. The number of amides is 1. The van der Waals surface area contributed by atoms with Gasteiger partial charge in [-0.2, -0.15) is 0 Å². The van der Waals surface area contributed by atoms with Crippen LogP contribution in [0.15, 0.2) is 29.2 Å². The van der Waals surface area contributed by atoms with Gasteiger partial charge in [-0.25, -0.2) is 13.1 Å². The highest BCUT2D eigenvalue weighted by molar-refractivity contribution is 7.89. The first-order chi connectivity index (χ1) is 9.88. The van der Waals surface area contributed by atoms with Crippen LogP contribution < -0.4 is 15.8 Å². The first kappa shape index (κ1) is 15.9. The van der Waals surface area contributed by atoms with Crippen molar-refractivity contribution in [2.24, 2.45) is 5.73 Å². The van der Waals surface area contributed by atoms with Gasteiger partial charge in [0.1, 0.15) is 0 Å². The van der Waals surface area contributed by atoms with Crippen LogP contribution in [-0.2, 0) is 10.0 Å². The molecule has 1 saturated carbocycles. The van der Waals surface area contributed by atoms with Gasteiger partial charge in [-0.15, -0.1) is 0 Å². The average Bonchev–Trinajstić information content (AvgIpc) is 3.21. The van der Waals surface area contributed by atoms with Gasteiger partial charge in [0.15, 0.2) is 0 Å². The highest BCUT2D eigenvalue weighted by Gasteiger charge is 2.28. The summed E-state index contributed by atoms with van der Waals surface area (Å²) in [7, 11) is -3.54. The van der Waals surface area contributed by atoms with Crippen LogP contribution in [0, 0.1) is 0 Å². The highest BCUT2D eigenvalue weighted by atomic mass is 32.2. The largest absolute Gasteiger partial charge is 0.352 e. The molecule has 1 aliphatic carbocycles. The summed E-state index contributed by atoms with van der Waals surface area (Å²) in [5, 5.41) is 2.73. The van der Waals surface area contributed by atoms with E-state index in [0.29, 0.717) is 18.5 Å². The van der Waals surface area contributed by atoms with Crippen LogP contribution in [0.4, 0.5) is 0 Å². The van der Waals surface area contributed by atoms with Crippen LogP contribution in [-0.4, -0.2) is 33.0 Å². The molecule has 0 bridgehead atoms. The smallest absolute Gasteiger partial charge is 0.251 e. The van der Waals surface area contributed by atoms with Crippen molar-refractivity contribution in [2.75, 3.05) is 6.54 Å². The third-order valence-corrected chi connectivity index (χ3v) is 4.71. The topological polar surface area (TPSA) is 101 Å². The third-order valence-electron chi connectivity index (χ3n) is 3.19. The SMILES string of the molecule is CC(N)CCNC(=O)c1cccc(S(=O)(=O)NC2CC2)c1. The van der Waals surface area contributed by atoms with Gasteiger partial charge in [0.2, 0.25) is 10.0 Å². The van der Waals surface area contributed by atoms with Gasteiger partial charge in [-0.3, -0.25) is 4.79 Å². The molecule has 1 atom stereocenters. The molecule has 0 radical (unpaired) electrons. The quantitative estimate of drug-likeness (QED) is 0.686. The van der Waals surface area contributed by atoms with Crippen molar-refractivity contribution in [2.45, 2.75) is 43.2 Å². The van der Waals surface area contributed by atoms with Crippen molar-refractivity contribution in [1.29, 1.82) is 0 Å². The van der Waals surface area contributed by atoms with E-state index >= 15 is 0 Å². The predicted molar refractivity (Wildman–Crippen MR) is 80.4 cm³/mol. The summed E-state index contributed by atoms with van der Waals surface area (Å²) < 4.78 is 26.8. The first-order valence-corrected chi connectivity index (χ1v) is 8.53. The number of carbonyl (C=O) groups excluding carboxylic acids is 1. The molecule has 21 heavy (non-hydrogen) atoms. The molecule has 6 nitrogen and oxygen atoms in total. The van der Waals surface area contributed by atoms with Gasteiger partial charge >= 0.3 is 0 Å². The Morgan fingerprint density at radius 2 is 2.14 bits per heavy atom. The summed E-state index contributed by atoms with van der Waals surface area (Å²) in [5.41, 5.74) is 5.94. The second-order valence-electron chi connectivity index (χ2n) is 5.45. The third kappa shape index (κ3) is 4.80. The second-order valence-corrected chi connectivity index (χ2v) is 7.16. The molecule has 0 spiro atoms. The lowest BCUT2D eigenvalue weighted by atomic mass is 10.2. The number of carbonyl (C=O) groups is 1. The van der Waals surface area contributed by atoms with Gasteiger partial charge < -0.3 is 11.1 Å². The van der Waals surface area contributed by atoms with Gasteiger partial charge in [0, 0.05) is 24.2 Å². The summed E-state index contributed by atoms with van der Waals surface area (Å²) >= 11 is 0. The Labute approximate surface area is 125 Å². The van der Waals surface area contributed by atoms with Crippen molar-refractivity contribution in [3.63, 3.8) is 0 Å². The molecule has 1 aromatic carbocycles. The molecule has 1 aromatic rings. The molecular weight excluding hydrogens is 290 g/mol. The Morgan fingerprint density at radius 3 is 2.76 bits per heavy atom. The molecule has 1 unspecified atom stereocenters. The van der Waals surface area contributed by atoms with Crippen molar-refractivity contribution in [3.8, 4) is 0 Å². The zero-order chi connectivity index (χ0) is 15.5. The normalized spacial score (nSPS) is 16.5. The molecule has 7 heteroatoms. The van der Waals surface area contributed by atoms with Crippen molar-refractivity contribution in [3.05, 3.63) is 29.8 Å². The van der Waals surface area contributed by atoms with E-state index in [2.05, 4.69) is 10.0 Å². The van der Waals surface area contributed by atoms with Crippen LogP contribution in [0.2, 0.25) is 0 Å². The zero-order valence-corrected chi connectivity index (χ0v) is 12.8. The van der Waals surface area contributed by atoms with Crippen LogP contribution in [0.1, 0.15) is 36.5 Å². The molecule has 116 valence electrons. The Balaban J connectivity index is 2.04. The Kier molecular flexibility index (Phi) is 4.97.